The molecule has 0 aliphatic carbocycles. The van der Waals surface area contributed by atoms with Crippen LogP contribution in [0.25, 0.3) is 0 Å². The Morgan fingerprint density at radius 2 is 2.05 bits per heavy atom. The average molecular weight is 294 g/mol. The van der Waals surface area contributed by atoms with Crippen molar-refractivity contribution < 1.29 is 28.2 Å². The maximum absolute atomic E-state index is 11.5. The zero-order chi connectivity index (χ0) is 14.6. The molecule has 0 aromatic carbocycles. The molecule has 1 heterocycles. The summed E-state index contributed by atoms with van der Waals surface area (Å²) in [6.07, 6.45) is -0.193. The molecule has 0 saturated carbocycles. The number of nitrogens with one attached hydrogen (secondary N) is 2. The van der Waals surface area contributed by atoms with Crippen LogP contribution in [0, 0.1) is 0 Å². The second-order valence-corrected chi connectivity index (χ2v) is 6.94. The van der Waals surface area contributed by atoms with Crippen LogP contribution in [0.15, 0.2) is 0 Å². The van der Waals surface area contributed by atoms with Crippen LogP contribution in [-0.2, 0) is 14.6 Å². The number of carbonyl (C=O) groups excluding carboxylic acids is 1. The van der Waals surface area contributed by atoms with Crippen molar-refractivity contribution >= 4 is 21.8 Å². The third-order valence-corrected chi connectivity index (χ3v) is 5.26. The summed E-state index contributed by atoms with van der Waals surface area (Å²) in [6.45, 7) is 1.18. The van der Waals surface area contributed by atoms with E-state index < -0.39 is 39.2 Å². The maximum atomic E-state index is 11.5. The van der Waals surface area contributed by atoms with Crippen molar-refractivity contribution in [3.8, 4) is 0 Å². The molecule has 8 nitrogen and oxygen atoms in total. The fraction of sp³-hybridized carbons (Fsp3) is 0.800. The molecule has 9 heteroatoms. The van der Waals surface area contributed by atoms with Crippen molar-refractivity contribution in [3.05, 3.63) is 0 Å². The molecule has 1 unspecified atom stereocenters. The molecule has 3 atom stereocenters. The largest absolute Gasteiger partial charge is 0.480 e. The van der Waals surface area contributed by atoms with Crippen molar-refractivity contribution in [1.29, 1.82) is 0 Å². The molecule has 1 aliphatic heterocycles. The average Bonchev–Trinajstić information content (AvgIpc) is 2.61. The summed E-state index contributed by atoms with van der Waals surface area (Å²) < 4.78 is 23.0. The third kappa shape index (κ3) is 4.35. The summed E-state index contributed by atoms with van der Waals surface area (Å²) in [4.78, 5) is 22.2. The minimum atomic E-state index is -3.15. The van der Waals surface area contributed by atoms with E-state index in [1.54, 1.807) is 0 Å². The first-order chi connectivity index (χ1) is 8.74. The van der Waals surface area contributed by atoms with E-state index in [1.165, 1.54) is 6.92 Å². The molecular weight excluding hydrogens is 276 g/mol. The Hall–Kier alpha value is -1.35. The van der Waals surface area contributed by atoms with Crippen molar-refractivity contribution in [1.82, 2.24) is 10.6 Å². The van der Waals surface area contributed by atoms with Gasteiger partial charge >= 0.3 is 12.0 Å². The number of sulfone groups is 1. The quantitative estimate of drug-likeness (QED) is 0.498. The van der Waals surface area contributed by atoms with E-state index in [-0.39, 0.29) is 12.3 Å². The highest BCUT2D eigenvalue weighted by atomic mass is 32.2. The van der Waals surface area contributed by atoms with Gasteiger partial charge in [0.15, 0.2) is 15.9 Å². The Labute approximate surface area is 111 Å². The van der Waals surface area contributed by atoms with E-state index >= 15 is 0 Å². The van der Waals surface area contributed by atoms with Crippen molar-refractivity contribution in [3.63, 3.8) is 0 Å². The van der Waals surface area contributed by atoms with E-state index in [1.807, 2.05) is 0 Å². The number of hydrogen-bond donors (Lipinski definition) is 4. The Balaban J connectivity index is 2.46. The number of urea groups is 1. The lowest BCUT2D eigenvalue weighted by molar-refractivity contribution is -0.141. The second-order valence-electron chi connectivity index (χ2n) is 4.54. The summed E-state index contributed by atoms with van der Waals surface area (Å²) in [5.74, 6) is -1.24. The van der Waals surface area contributed by atoms with Crippen LogP contribution in [-0.4, -0.2) is 60.3 Å². The molecule has 4 N–H and O–H groups in total. The van der Waals surface area contributed by atoms with E-state index in [4.69, 9.17) is 5.11 Å². The highest BCUT2D eigenvalue weighted by molar-refractivity contribution is 7.92. The van der Waals surface area contributed by atoms with Gasteiger partial charge in [0.1, 0.15) is 0 Å². The molecule has 1 rings (SSSR count). The van der Waals surface area contributed by atoms with Crippen LogP contribution >= 0.6 is 0 Å². The van der Waals surface area contributed by atoms with Gasteiger partial charge in [-0.05, 0) is 19.8 Å². The number of amides is 2. The van der Waals surface area contributed by atoms with Gasteiger partial charge in [0.05, 0.1) is 17.1 Å². The first-order valence-corrected chi connectivity index (χ1v) is 7.62. The van der Waals surface area contributed by atoms with Crippen LogP contribution in [0.3, 0.4) is 0 Å². The second kappa shape index (κ2) is 6.20. The highest BCUT2D eigenvalue weighted by Gasteiger charge is 2.32. The van der Waals surface area contributed by atoms with E-state index in [2.05, 4.69) is 10.6 Å². The van der Waals surface area contributed by atoms with Crippen LogP contribution in [0.2, 0.25) is 0 Å². The number of rotatable bonds is 5. The number of aliphatic hydroxyl groups excluding tert-OH is 1. The predicted molar refractivity (Wildman–Crippen MR) is 66.4 cm³/mol. The van der Waals surface area contributed by atoms with Crippen LogP contribution in [0.5, 0.6) is 0 Å². The lowest BCUT2D eigenvalue weighted by Crippen LogP contribution is -2.52. The Kier molecular flexibility index (Phi) is 5.12. The molecule has 0 aromatic heterocycles. The summed E-state index contributed by atoms with van der Waals surface area (Å²) in [5.41, 5.74) is 0. The molecule has 110 valence electrons. The summed E-state index contributed by atoms with van der Waals surface area (Å²) in [7, 11) is -3.15. The van der Waals surface area contributed by atoms with E-state index in [9.17, 15) is 23.1 Å². The number of carboxylic acids is 1. The first kappa shape index (κ1) is 15.7. The van der Waals surface area contributed by atoms with Gasteiger partial charge in [-0.1, -0.05) is 0 Å². The molecule has 0 aromatic rings. The summed E-state index contributed by atoms with van der Waals surface area (Å²) in [6, 6.07) is -2.24. The lowest BCUT2D eigenvalue weighted by atomic mass is 10.2. The van der Waals surface area contributed by atoms with Gasteiger partial charge < -0.3 is 20.8 Å². The zero-order valence-corrected chi connectivity index (χ0v) is 11.3. The highest BCUT2D eigenvalue weighted by Crippen LogP contribution is 2.18. The summed E-state index contributed by atoms with van der Waals surface area (Å²) >= 11 is 0. The molecule has 0 spiro atoms. The van der Waals surface area contributed by atoms with Gasteiger partial charge in [0.25, 0.3) is 0 Å². The molecule has 1 fully saturated rings. The number of aliphatic carboxylic acids is 1. The molecular formula is C10H18N2O6S. The van der Waals surface area contributed by atoms with Gasteiger partial charge in [-0.2, -0.15) is 0 Å². The minimum absolute atomic E-state index is 0.0552. The molecule has 1 aliphatic rings. The zero-order valence-electron chi connectivity index (χ0n) is 10.5. The Bertz CT molecular complexity index is 447. The molecule has 2 amide bonds. The van der Waals surface area contributed by atoms with Crippen LogP contribution in [0.4, 0.5) is 4.79 Å². The van der Waals surface area contributed by atoms with Gasteiger partial charge in [-0.25, -0.2) is 18.0 Å². The predicted octanol–water partition coefficient (Wildman–Crippen LogP) is -1.30. The fourth-order valence-electron chi connectivity index (χ4n) is 1.87. The number of hydrogen-bond acceptors (Lipinski definition) is 5. The molecule has 1 saturated heterocycles. The smallest absolute Gasteiger partial charge is 0.328 e. The molecule has 0 bridgehead atoms. The SMILES string of the molecule is C[C@@H](O)[C@H](NC(=O)NCC1CCCS1(=O)=O)C(=O)O. The number of carbonyl (C=O) groups is 2. The Morgan fingerprint density at radius 3 is 2.47 bits per heavy atom. The van der Waals surface area contributed by atoms with Crippen LogP contribution < -0.4 is 10.6 Å². The maximum Gasteiger partial charge on any atom is 0.328 e. The Morgan fingerprint density at radius 1 is 1.42 bits per heavy atom. The lowest BCUT2D eigenvalue weighted by Gasteiger charge is -2.18. The van der Waals surface area contributed by atoms with Gasteiger partial charge in [0.2, 0.25) is 0 Å². The number of carboxylic acid groups (broad SMARTS) is 1. The topological polar surface area (TPSA) is 133 Å². The molecule has 0 radical (unpaired) electrons. The first-order valence-electron chi connectivity index (χ1n) is 5.91. The summed E-state index contributed by atoms with van der Waals surface area (Å²) in [5, 5.41) is 21.7. The van der Waals surface area contributed by atoms with Crippen molar-refractivity contribution in [2.45, 2.75) is 37.2 Å². The number of aliphatic hydroxyl groups is 1. The van der Waals surface area contributed by atoms with E-state index in [0.29, 0.717) is 12.8 Å². The minimum Gasteiger partial charge on any atom is -0.480 e. The van der Waals surface area contributed by atoms with Gasteiger partial charge in [-0.15, -0.1) is 0 Å². The van der Waals surface area contributed by atoms with Gasteiger partial charge in [-0.3, -0.25) is 0 Å². The van der Waals surface area contributed by atoms with Crippen molar-refractivity contribution in [2.75, 3.05) is 12.3 Å². The monoisotopic (exact) mass is 294 g/mol. The van der Waals surface area contributed by atoms with Gasteiger partial charge in [0, 0.05) is 6.54 Å². The van der Waals surface area contributed by atoms with Crippen LogP contribution in [0.1, 0.15) is 19.8 Å². The van der Waals surface area contributed by atoms with Crippen molar-refractivity contribution in [2.24, 2.45) is 0 Å². The standard InChI is InChI=1S/C10H18N2O6S/c1-6(13)8(9(14)15)12-10(16)11-5-7-3-2-4-19(7,17)18/h6-8,13H,2-5H2,1H3,(H,14,15)(H2,11,12,16)/t6-,7?,8+/m1/s1. The normalized spacial score (nSPS) is 24.4. The fourth-order valence-corrected chi connectivity index (χ4v) is 3.64. The third-order valence-electron chi connectivity index (χ3n) is 2.99. The molecule has 19 heavy (non-hydrogen) atoms. The van der Waals surface area contributed by atoms with E-state index in [0.717, 1.165) is 0 Å².